The van der Waals surface area contributed by atoms with E-state index in [-0.39, 0.29) is 35.4 Å². The maximum absolute atomic E-state index is 13.2. The lowest BCUT2D eigenvalue weighted by molar-refractivity contribution is -0.152. The van der Waals surface area contributed by atoms with Crippen LogP contribution in [0.5, 0.6) is 0 Å². The molecule has 1 spiro atoms. The highest BCUT2D eigenvalue weighted by molar-refractivity contribution is 7.09. The number of allylic oxidation sites excluding steroid dienone is 2. The van der Waals surface area contributed by atoms with Gasteiger partial charge in [-0.2, -0.15) is 0 Å². The Bertz CT molecular complexity index is 900. The van der Waals surface area contributed by atoms with Crippen LogP contribution >= 0.6 is 11.3 Å². The van der Waals surface area contributed by atoms with Crippen LogP contribution in [0.3, 0.4) is 0 Å². The molecule has 2 saturated carbocycles. The Kier molecular flexibility index (Phi) is 4.13. The molecule has 0 aliphatic heterocycles. The van der Waals surface area contributed by atoms with Crippen LogP contribution in [0.2, 0.25) is 0 Å². The van der Waals surface area contributed by atoms with Crippen LogP contribution in [0.25, 0.3) is 0 Å². The van der Waals surface area contributed by atoms with Crippen LogP contribution < -0.4 is 11.5 Å². The van der Waals surface area contributed by atoms with Gasteiger partial charge in [0.05, 0.1) is 15.8 Å². The summed E-state index contributed by atoms with van der Waals surface area (Å²) < 4.78 is 0. The summed E-state index contributed by atoms with van der Waals surface area (Å²) >= 11 is 1.34. The monoisotopic (exact) mass is 401 g/mol. The zero-order valence-electron chi connectivity index (χ0n) is 16.5. The van der Waals surface area contributed by atoms with Crippen LogP contribution in [-0.4, -0.2) is 22.6 Å². The summed E-state index contributed by atoms with van der Waals surface area (Å²) in [6, 6.07) is 0. The molecule has 0 saturated heterocycles. The van der Waals surface area contributed by atoms with E-state index < -0.39 is 22.6 Å². The van der Waals surface area contributed by atoms with Crippen molar-refractivity contribution in [1.82, 2.24) is 4.98 Å². The fourth-order valence-electron chi connectivity index (χ4n) is 6.38. The zero-order chi connectivity index (χ0) is 20.5. The number of Topliss-reactive ketones (excluding diaryl/α,β-unsaturated/α-hetero) is 1. The number of carbonyl (C=O) groups excluding carboxylic acids is 3. The van der Waals surface area contributed by atoms with Crippen molar-refractivity contribution >= 4 is 28.9 Å². The van der Waals surface area contributed by atoms with Crippen molar-refractivity contribution < 1.29 is 14.4 Å². The second-order valence-corrected chi connectivity index (χ2v) is 10.1. The number of hydrogen-bond acceptors (Lipinski definition) is 5. The molecule has 2 bridgehead atoms. The molecular formula is C21H27N3O3S. The predicted molar refractivity (Wildman–Crippen MR) is 106 cm³/mol. The molecule has 2 amide bonds. The normalized spacial score (nSPS) is 34.3. The van der Waals surface area contributed by atoms with Crippen LogP contribution in [0.4, 0.5) is 0 Å². The first-order valence-corrected chi connectivity index (χ1v) is 10.7. The highest BCUT2D eigenvalue weighted by Crippen LogP contribution is 2.81. The van der Waals surface area contributed by atoms with E-state index in [9.17, 15) is 14.4 Å². The molecule has 150 valence electrons. The second-order valence-electron chi connectivity index (χ2n) is 9.20. The first-order valence-electron chi connectivity index (χ1n) is 9.85. The number of rotatable bonds is 7. The quantitative estimate of drug-likeness (QED) is 0.539. The Balaban J connectivity index is 1.91. The molecule has 4 N–H and O–H groups in total. The third-order valence-electron chi connectivity index (χ3n) is 7.37. The molecule has 7 heteroatoms. The Labute approximate surface area is 168 Å². The van der Waals surface area contributed by atoms with Crippen molar-refractivity contribution in [3.63, 3.8) is 0 Å². The number of nitrogens with zero attached hydrogens (tertiary/aromatic N) is 1. The minimum absolute atomic E-state index is 0.0651. The molecule has 0 aromatic carbocycles. The van der Waals surface area contributed by atoms with Crippen LogP contribution in [0, 0.1) is 34.0 Å². The van der Waals surface area contributed by atoms with E-state index in [0.717, 1.165) is 12.8 Å². The number of primary amides is 2. The summed E-state index contributed by atoms with van der Waals surface area (Å²) in [5.74, 6) is -1.03. The first kappa shape index (κ1) is 19.3. The predicted octanol–water partition coefficient (Wildman–Crippen LogP) is 2.47. The highest BCUT2D eigenvalue weighted by atomic mass is 32.1. The van der Waals surface area contributed by atoms with Crippen molar-refractivity contribution in [2.45, 2.75) is 46.5 Å². The van der Waals surface area contributed by atoms with E-state index >= 15 is 0 Å². The van der Waals surface area contributed by atoms with E-state index in [1.54, 1.807) is 5.38 Å². The van der Waals surface area contributed by atoms with E-state index in [1.807, 2.05) is 13.8 Å². The maximum Gasteiger partial charge on any atom is 0.225 e. The average molecular weight is 402 g/mol. The smallest absolute Gasteiger partial charge is 0.225 e. The molecule has 3 aliphatic carbocycles. The van der Waals surface area contributed by atoms with Gasteiger partial charge in [0, 0.05) is 18.7 Å². The second kappa shape index (κ2) is 5.99. The van der Waals surface area contributed by atoms with Gasteiger partial charge in [-0.3, -0.25) is 14.4 Å². The first-order chi connectivity index (χ1) is 13.1. The summed E-state index contributed by atoms with van der Waals surface area (Å²) in [6.45, 7) is 5.56. The topological polar surface area (TPSA) is 116 Å². The Morgan fingerprint density at radius 2 is 1.71 bits per heavy atom. The molecule has 1 heterocycles. The van der Waals surface area contributed by atoms with E-state index in [4.69, 9.17) is 11.5 Å². The summed E-state index contributed by atoms with van der Waals surface area (Å²) in [5.41, 5.74) is 10.4. The number of aromatic nitrogens is 1. The Morgan fingerprint density at radius 3 is 2.14 bits per heavy atom. The van der Waals surface area contributed by atoms with Gasteiger partial charge in [0.1, 0.15) is 5.69 Å². The maximum atomic E-state index is 13.2. The lowest BCUT2D eigenvalue weighted by atomic mass is 9.53. The summed E-state index contributed by atoms with van der Waals surface area (Å²) in [4.78, 5) is 42.4. The standard InChI is InChI=1S/C21H27N3O3S/c1-11(2)8-20(17(22)26)14-4-5-15(19(14)6-7-19)21(20,18(23)27)9-16-24-13(10-28-16)12(3)25/h4-5,10-11,14-15H,6-9H2,1-3H3,(H2,22,26)(H2,23,27)/t14-,15+,20+,21+/m1/s1. The number of ketones is 1. The number of nitrogens with two attached hydrogens (primary N) is 2. The molecule has 0 radical (unpaired) electrons. The fraction of sp³-hybridized carbons (Fsp3) is 0.619. The molecule has 4 rings (SSSR count). The minimum Gasteiger partial charge on any atom is -0.369 e. The SMILES string of the molecule is CC(=O)c1csc(C[C@@]2(C(N)=O)[C@H]3C=C[C@H](C34CC4)[C@@]2(CC(C)C)C(N)=O)n1. The lowest BCUT2D eigenvalue weighted by Crippen LogP contribution is -2.60. The molecule has 4 atom stereocenters. The van der Waals surface area contributed by atoms with Crippen molar-refractivity contribution in [3.8, 4) is 0 Å². The van der Waals surface area contributed by atoms with Gasteiger partial charge in [-0.05, 0) is 42.4 Å². The Morgan fingerprint density at radius 1 is 1.14 bits per heavy atom. The fourth-order valence-corrected chi connectivity index (χ4v) is 7.31. The summed E-state index contributed by atoms with van der Waals surface area (Å²) in [5, 5.41) is 2.37. The molecule has 0 unspecified atom stereocenters. The van der Waals surface area contributed by atoms with Crippen molar-refractivity contribution in [1.29, 1.82) is 0 Å². The van der Waals surface area contributed by atoms with Gasteiger partial charge in [-0.1, -0.05) is 26.0 Å². The van der Waals surface area contributed by atoms with Crippen molar-refractivity contribution in [2.24, 2.45) is 45.5 Å². The van der Waals surface area contributed by atoms with E-state index in [1.165, 1.54) is 18.3 Å². The number of thiazole rings is 1. The molecule has 1 aromatic rings. The third-order valence-corrected chi connectivity index (χ3v) is 8.22. The average Bonchev–Trinajstić information content (AvgIpc) is 3.01. The summed E-state index contributed by atoms with van der Waals surface area (Å²) in [6.07, 6.45) is 6.92. The van der Waals surface area contributed by atoms with Gasteiger partial charge in [0.15, 0.2) is 5.78 Å². The number of hydrogen-bond donors (Lipinski definition) is 2. The van der Waals surface area contributed by atoms with E-state index in [0.29, 0.717) is 17.1 Å². The molecule has 3 aliphatic rings. The number of carbonyl (C=O) groups is 3. The van der Waals surface area contributed by atoms with Gasteiger partial charge in [-0.15, -0.1) is 11.3 Å². The lowest BCUT2D eigenvalue weighted by Gasteiger charge is -2.48. The molecule has 28 heavy (non-hydrogen) atoms. The van der Waals surface area contributed by atoms with Crippen molar-refractivity contribution in [3.05, 3.63) is 28.2 Å². The van der Waals surface area contributed by atoms with Gasteiger partial charge in [0.25, 0.3) is 0 Å². The number of amides is 2. The largest absolute Gasteiger partial charge is 0.369 e. The molecule has 6 nitrogen and oxygen atoms in total. The minimum atomic E-state index is -1.11. The third kappa shape index (κ3) is 2.19. The van der Waals surface area contributed by atoms with Gasteiger partial charge in [-0.25, -0.2) is 4.98 Å². The Hall–Kier alpha value is -2.02. The molecule has 2 fully saturated rings. The molecule has 1 aromatic heterocycles. The van der Waals surface area contributed by atoms with Crippen LogP contribution in [-0.2, 0) is 16.0 Å². The van der Waals surface area contributed by atoms with Crippen molar-refractivity contribution in [2.75, 3.05) is 0 Å². The van der Waals surface area contributed by atoms with Crippen LogP contribution in [0.1, 0.15) is 55.5 Å². The van der Waals surface area contributed by atoms with Crippen LogP contribution in [0.15, 0.2) is 17.5 Å². The molecular weight excluding hydrogens is 374 g/mol. The van der Waals surface area contributed by atoms with Gasteiger partial charge >= 0.3 is 0 Å². The summed E-state index contributed by atoms with van der Waals surface area (Å²) in [7, 11) is 0. The highest BCUT2D eigenvalue weighted by Gasteiger charge is 2.82. The van der Waals surface area contributed by atoms with E-state index in [2.05, 4.69) is 17.1 Å². The van der Waals surface area contributed by atoms with Gasteiger partial charge in [0.2, 0.25) is 11.8 Å². The zero-order valence-corrected chi connectivity index (χ0v) is 17.3. The van der Waals surface area contributed by atoms with Gasteiger partial charge < -0.3 is 11.5 Å².